The molecule has 3 nitrogen and oxygen atoms in total. The van der Waals surface area contributed by atoms with Crippen LogP contribution in [0.3, 0.4) is 0 Å². The molecule has 3 heterocycles. The van der Waals surface area contributed by atoms with E-state index >= 15 is 0 Å². The monoisotopic (exact) mass is 545 g/mol. The first-order valence-corrected chi connectivity index (χ1v) is 17.2. The molecule has 0 spiro atoms. The third-order valence-corrected chi connectivity index (χ3v) is 11.6. The van der Waals surface area contributed by atoms with Gasteiger partial charge in [0.2, 0.25) is 0 Å². The first kappa shape index (κ1) is 24.8. The van der Waals surface area contributed by atoms with Gasteiger partial charge in [-0.05, 0) is 86.8 Å². The fourth-order valence-electron chi connectivity index (χ4n) is 9.67. The Bertz CT molecular complexity index is 1540. The zero-order chi connectivity index (χ0) is 26.9. The molecule has 4 aliphatic carbocycles. The molecule has 2 aromatic carbocycles. The second-order valence-electron chi connectivity index (χ2n) is 14.0. The van der Waals surface area contributed by atoms with Crippen molar-refractivity contribution in [2.75, 3.05) is 0 Å². The van der Waals surface area contributed by atoms with Crippen LogP contribution in [0.15, 0.2) is 36.4 Å². The number of rotatable bonds is 3. The highest BCUT2D eigenvalue weighted by atomic mass is 16.5. The van der Waals surface area contributed by atoms with E-state index in [0.717, 1.165) is 6.54 Å². The standard InChI is InChI=1S/C38H45N2O/c1-3-13-25(14-4-1)30-23-31(26-15-5-2-6-16-26)36(37-35(30)29-19-9-12-22-34(29)41-37)40-33-21-11-10-20-32(33)39-24-27-17-7-8-18-28(27)38(39)40/h7-8,17-19,23,25-26,34H,1-6,9-16,20-22,24H2/q+1. The zero-order valence-electron chi connectivity index (χ0n) is 24.7. The lowest BCUT2D eigenvalue weighted by Gasteiger charge is -2.29. The summed E-state index contributed by atoms with van der Waals surface area (Å²) >= 11 is 0. The normalized spacial score (nSPS) is 23.7. The highest BCUT2D eigenvalue weighted by Crippen LogP contribution is 2.55. The summed E-state index contributed by atoms with van der Waals surface area (Å²) in [5.41, 5.74) is 13.9. The predicted octanol–water partition coefficient (Wildman–Crippen LogP) is 9.10. The van der Waals surface area contributed by atoms with Crippen molar-refractivity contribution in [3.05, 3.63) is 70.0 Å². The molecule has 41 heavy (non-hydrogen) atoms. The number of aromatic nitrogens is 2. The van der Waals surface area contributed by atoms with Crippen LogP contribution in [0, 0.1) is 0 Å². The van der Waals surface area contributed by atoms with Crippen molar-refractivity contribution < 1.29 is 9.30 Å². The molecule has 9 rings (SSSR count). The Hall–Kier alpha value is -2.81. The predicted molar refractivity (Wildman–Crippen MR) is 165 cm³/mol. The lowest BCUT2D eigenvalue weighted by molar-refractivity contribution is -0.678. The number of imidazole rings is 1. The molecule has 212 valence electrons. The molecule has 1 unspecified atom stereocenters. The smallest absolute Gasteiger partial charge is 0.295 e. The maximum Gasteiger partial charge on any atom is 0.295 e. The Labute approximate surface area is 245 Å². The molecule has 1 aromatic heterocycles. The van der Waals surface area contributed by atoms with E-state index in [1.807, 2.05) is 0 Å². The van der Waals surface area contributed by atoms with E-state index in [-0.39, 0.29) is 6.10 Å². The molecule has 2 fully saturated rings. The van der Waals surface area contributed by atoms with Gasteiger partial charge < -0.3 is 4.74 Å². The lowest BCUT2D eigenvalue weighted by atomic mass is 9.75. The van der Waals surface area contributed by atoms with Gasteiger partial charge in [-0.2, -0.15) is 4.57 Å². The Morgan fingerprint density at radius 2 is 1.51 bits per heavy atom. The molecule has 2 saturated carbocycles. The minimum Gasteiger partial charge on any atom is -0.481 e. The first-order valence-electron chi connectivity index (χ1n) is 17.2. The van der Waals surface area contributed by atoms with Crippen molar-refractivity contribution in [2.24, 2.45) is 0 Å². The van der Waals surface area contributed by atoms with Gasteiger partial charge in [-0.3, -0.25) is 0 Å². The van der Waals surface area contributed by atoms with Crippen molar-refractivity contribution >= 4 is 5.57 Å². The summed E-state index contributed by atoms with van der Waals surface area (Å²) < 4.78 is 12.8. The number of fused-ring (bicyclic) bond motifs is 8. The number of nitrogens with zero attached hydrogens (tertiary/aromatic N) is 2. The van der Waals surface area contributed by atoms with E-state index in [1.54, 1.807) is 22.5 Å². The van der Waals surface area contributed by atoms with Gasteiger partial charge in [-0.1, -0.05) is 68.9 Å². The van der Waals surface area contributed by atoms with E-state index in [2.05, 4.69) is 45.5 Å². The molecule has 0 radical (unpaired) electrons. The van der Waals surface area contributed by atoms with Crippen LogP contribution >= 0.6 is 0 Å². The van der Waals surface area contributed by atoms with E-state index in [4.69, 9.17) is 4.74 Å². The Morgan fingerprint density at radius 1 is 0.756 bits per heavy atom. The average Bonchev–Trinajstić information content (AvgIpc) is 3.71. The molecule has 3 heteroatoms. The third-order valence-electron chi connectivity index (χ3n) is 11.6. The van der Waals surface area contributed by atoms with Gasteiger partial charge in [-0.25, -0.2) is 4.57 Å². The van der Waals surface area contributed by atoms with Gasteiger partial charge in [0, 0.05) is 29.5 Å². The summed E-state index contributed by atoms with van der Waals surface area (Å²) in [4.78, 5) is 0. The minimum absolute atomic E-state index is 0.251. The van der Waals surface area contributed by atoms with Crippen LogP contribution in [0.25, 0.3) is 22.6 Å². The molecule has 6 aliphatic rings. The molecule has 0 saturated heterocycles. The maximum atomic E-state index is 7.27. The number of benzene rings is 2. The summed E-state index contributed by atoms with van der Waals surface area (Å²) in [5.74, 6) is 4.04. The van der Waals surface area contributed by atoms with E-state index in [0.29, 0.717) is 11.8 Å². The van der Waals surface area contributed by atoms with Crippen LogP contribution in [0.2, 0.25) is 0 Å². The fourth-order valence-corrected chi connectivity index (χ4v) is 9.67. The van der Waals surface area contributed by atoms with Crippen molar-refractivity contribution in [1.29, 1.82) is 0 Å². The molecule has 2 aliphatic heterocycles. The first-order chi connectivity index (χ1) is 20.4. The van der Waals surface area contributed by atoms with Crippen molar-refractivity contribution in [1.82, 2.24) is 4.57 Å². The van der Waals surface area contributed by atoms with Crippen LogP contribution in [0.4, 0.5) is 0 Å². The van der Waals surface area contributed by atoms with Crippen molar-refractivity contribution in [3.63, 3.8) is 0 Å². The largest absolute Gasteiger partial charge is 0.481 e. The van der Waals surface area contributed by atoms with Gasteiger partial charge in [0.1, 0.15) is 18.3 Å². The zero-order valence-corrected chi connectivity index (χ0v) is 24.7. The second kappa shape index (κ2) is 9.89. The molecule has 0 bridgehead atoms. The molecule has 3 aromatic rings. The van der Waals surface area contributed by atoms with Crippen molar-refractivity contribution in [3.8, 4) is 22.8 Å². The summed E-state index contributed by atoms with van der Waals surface area (Å²) in [6.45, 7) is 1.02. The Balaban J connectivity index is 1.36. The summed E-state index contributed by atoms with van der Waals surface area (Å²) in [7, 11) is 0. The summed E-state index contributed by atoms with van der Waals surface area (Å²) in [6, 6.07) is 12.0. The summed E-state index contributed by atoms with van der Waals surface area (Å²) in [6.07, 6.45) is 25.1. The van der Waals surface area contributed by atoms with Gasteiger partial charge in [-0.15, -0.1) is 0 Å². The van der Waals surface area contributed by atoms with Crippen LogP contribution in [0.5, 0.6) is 5.75 Å². The van der Waals surface area contributed by atoms with Crippen molar-refractivity contribution in [2.45, 2.75) is 134 Å². The maximum absolute atomic E-state index is 7.27. The number of hydrogen-bond donors (Lipinski definition) is 0. The average molecular weight is 546 g/mol. The molecule has 0 N–H and O–H groups in total. The third kappa shape index (κ3) is 3.79. The number of ether oxygens (including phenoxy) is 1. The SMILES string of the molecule is C1=C2c3c(C4CCCCC4)cc(C4CCCCC4)c(-n4c5c([n+]6c4-c4ccccc4C6)CCCC5)c3OC2CCC1. The fraction of sp³-hybridized carbons (Fsp3) is 0.553. The molecule has 1 atom stereocenters. The van der Waals surface area contributed by atoms with Gasteiger partial charge in [0.25, 0.3) is 5.82 Å². The van der Waals surface area contributed by atoms with E-state index < -0.39 is 0 Å². The Morgan fingerprint density at radius 3 is 2.34 bits per heavy atom. The van der Waals surface area contributed by atoms with E-state index in [9.17, 15) is 0 Å². The van der Waals surface area contributed by atoms with Crippen LogP contribution in [-0.4, -0.2) is 10.7 Å². The second-order valence-corrected chi connectivity index (χ2v) is 14.0. The molecule has 0 amide bonds. The Kier molecular flexibility index (Phi) is 5.97. The van der Waals surface area contributed by atoms with Crippen LogP contribution in [0.1, 0.15) is 142 Å². The lowest BCUT2D eigenvalue weighted by Crippen LogP contribution is -2.36. The highest BCUT2D eigenvalue weighted by molar-refractivity contribution is 5.85. The molecular formula is C38H45N2O+. The topological polar surface area (TPSA) is 18.0 Å². The van der Waals surface area contributed by atoms with E-state index in [1.165, 1.54) is 149 Å². The minimum atomic E-state index is 0.251. The number of hydrogen-bond acceptors (Lipinski definition) is 1. The number of allylic oxidation sites excluding steroid dienone is 1. The van der Waals surface area contributed by atoms with Gasteiger partial charge in [0.15, 0.2) is 17.1 Å². The van der Waals surface area contributed by atoms with Crippen LogP contribution < -0.4 is 9.30 Å². The summed E-state index contributed by atoms with van der Waals surface area (Å²) in [5, 5.41) is 0. The van der Waals surface area contributed by atoms with Gasteiger partial charge in [0.05, 0.1) is 5.56 Å². The quantitative estimate of drug-likeness (QED) is 0.235. The van der Waals surface area contributed by atoms with Gasteiger partial charge >= 0.3 is 0 Å². The highest BCUT2D eigenvalue weighted by Gasteiger charge is 2.45. The molecular weight excluding hydrogens is 500 g/mol. The van der Waals surface area contributed by atoms with Crippen LogP contribution in [-0.2, 0) is 19.4 Å².